The van der Waals surface area contributed by atoms with Gasteiger partial charge in [-0.1, -0.05) is 63.9 Å². The van der Waals surface area contributed by atoms with Crippen molar-refractivity contribution in [2.24, 2.45) is 10.8 Å². The molecule has 4 rings (SSSR count). The predicted molar refractivity (Wildman–Crippen MR) is 179 cm³/mol. The van der Waals surface area contributed by atoms with Gasteiger partial charge in [-0.3, -0.25) is 14.5 Å². The van der Waals surface area contributed by atoms with Gasteiger partial charge in [0.1, 0.15) is 0 Å². The van der Waals surface area contributed by atoms with Crippen LogP contribution in [-0.2, 0) is 15.0 Å². The molecule has 3 aliphatic rings. The van der Waals surface area contributed by atoms with E-state index in [9.17, 15) is 4.79 Å². The summed E-state index contributed by atoms with van der Waals surface area (Å²) in [5.41, 5.74) is -0.175. The van der Waals surface area contributed by atoms with E-state index in [1.54, 1.807) is 6.07 Å². The van der Waals surface area contributed by atoms with Crippen molar-refractivity contribution in [2.75, 3.05) is 40.3 Å². The lowest BCUT2D eigenvalue weighted by molar-refractivity contribution is -0.147. The maximum atomic E-state index is 15.2. The van der Waals surface area contributed by atoms with E-state index in [1.165, 1.54) is 0 Å². The predicted octanol–water partition coefficient (Wildman–Crippen LogP) is 7.11. The highest BCUT2D eigenvalue weighted by atomic mass is 35.5. The highest BCUT2D eigenvalue weighted by Gasteiger charge is 2.54. The molecule has 1 aromatic carbocycles. The molecule has 2 aliphatic heterocycles. The molecule has 1 aliphatic carbocycles. The molecule has 0 radical (unpaired) electrons. The molecule has 1 saturated carbocycles. The van der Waals surface area contributed by atoms with Crippen molar-refractivity contribution in [2.45, 2.75) is 123 Å². The van der Waals surface area contributed by atoms with Crippen LogP contribution < -0.4 is 0 Å². The normalized spacial score (nSPS) is 27.2. The Labute approximate surface area is 271 Å². The molecule has 0 N–H and O–H groups in total. The molecular formula is C35H56Cl2N4O2. The number of benzene rings is 1. The van der Waals surface area contributed by atoms with Gasteiger partial charge in [0.2, 0.25) is 11.8 Å². The van der Waals surface area contributed by atoms with E-state index < -0.39 is 10.8 Å². The summed E-state index contributed by atoms with van der Waals surface area (Å²) in [7, 11) is 4.14. The fourth-order valence-electron chi connectivity index (χ4n) is 7.66. The number of halogens is 2. The van der Waals surface area contributed by atoms with Crippen molar-refractivity contribution < 1.29 is 9.59 Å². The van der Waals surface area contributed by atoms with Crippen molar-refractivity contribution in [3.05, 3.63) is 33.8 Å². The minimum absolute atomic E-state index is 0.00874. The molecule has 2 heterocycles. The Bertz CT molecular complexity index is 1180. The first-order valence-electron chi connectivity index (χ1n) is 16.2. The first-order chi connectivity index (χ1) is 19.7. The second kappa shape index (κ2) is 12.5. The number of carbonyl (C=O) groups is 2. The van der Waals surface area contributed by atoms with Crippen LogP contribution >= 0.6 is 23.2 Å². The SMILES string of the molecule is CN(C)C[C@@H]1C[C@H](N(C(=O)C(C)(C)C)C2CCC(C)(C)CC2)CN1C(=O)C1(c2ccc(Cl)cc2Cl)CCN(C(C)(C)C)C1. The maximum absolute atomic E-state index is 15.2. The Hall–Kier alpha value is -1.34. The fourth-order valence-corrected chi connectivity index (χ4v) is 8.25. The van der Waals surface area contributed by atoms with E-state index in [2.05, 4.69) is 68.3 Å². The first kappa shape index (κ1) is 34.5. The van der Waals surface area contributed by atoms with Gasteiger partial charge >= 0.3 is 0 Å². The number of hydrogen-bond acceptors (Lipinski definition) is 4. The van der Waals surface area contributed by atoms with Gasteiger partial charge in [-0.15, -0.1) is 0 Å². The summed E-state index contributed by atoms with van der Waals surface area (Å²) < 4.78 is 0. The van der Waals surface area contributed by atoms with Gasteiger partial charge in [0.15, 0.2) is 0 Å². The number of nitrogens with zero attached hydrogens (tertiary/aromatic N) is 4. The highest BCUT2D eigenvalue weighted by molar-refractivity contribution is 6.35. The van der Waals surface area contributed by atoms with Crippen LogP contribution in [0.5, 0.6) is 0 Å². The molecule has 1 unspecified atom stereocenters. The second-order valence-electron chi connectivity index (χ2n) is 16.7. The molecule has 0 spiro atoms. The Morgan fingerprint density at radius 3 is 2.12 bits per heavy atom. The Balaban J connectivity index is 1.74. The zero-order chi connectivity index (χ0) is 32.1. The van der Waals surface area contributed by atoms with Gasteiger partial charge in [0.25, 0.3) is 0 Å². The number of hydrogen-bond donors (Lipinski definition) is 0. The van der Waals surface area contributed by atoms with Crippen LogP contribution in [-0.4, -0.2) is 95.4 Å². The summed E-state index contributed by atoms with van der Waals surface area (Å²) in [4.78, 5) is 38.2. The standard InChI is InChI=1S/C35H56Cl2N4O2/c1-32(2,3)30(42)41(25-13-15-34(7,8)16-14-25)27-20-26(21-38(9)10)40(22-27)31(43)35(17-18-39(23-35)33(4,5)6)28-12-11-24(36)19-29(28)37/h11-12,19,25-27H,13-18,20-23H2,1-10H3/t26-,27-,35?/m0/s1. The number of carbonyl (C=O) groups excluding carboxylic acids is 2. The molecule has 242 valence electrons. The third-order valence-corrected chi connectivity index (χ3v) is 10.8. The van der Waals surface area contributed by atoms with Crippen LogP contribution in [0.4, 0.5) is 0 Å². The van der Waals surface area contributed by atoms with Crippen molar-refractivity contribution >= 4 is 35.0 Å². The average molecular weight is 636 g/mol. The van der Waals surface area contributed by atoms with Gasteiger partial charge in [0, 0.05) is 59.3 Å². The van der Waals surface area contributed by atoms with E-state index in [0.717, 1.165) is 50.8 Å². The molecule has 8 heteroatoms. The molecule has 3 fully saturated rings. The van der Waals surface area contributed by atoms with Crippen LogP contribution in [0.2, 0.25) is 10.0 Å². The van der Waals surface area contributed by atoms with Crippen molar-refractivity contribution in [3.63, 3.8) is 0 Å². The van der Waals surface area contributed by atoms with E-state index in [1.807, 2.05) is 32.9 Å². The second-order valence-corrected chi connectivity index (χ2v) is 17.5. The van der Waals surface area contributed by atoms with Gasteiger partial charge in [0.05, 0.1) is 11.5 Å². The number of likely N-dealkylation sites (tertiary alicyclic amines) is 2. The minimum atomic E-state index is -0.776. The summed E-state index contributed by atoms with van der Waals surface area (Å²) in [6.07, 6.45) is 5.75. The molecule has 0 bridgehead atoms. The summed E-state index contributed by atoms with van der Waals surface area (Å²) in [5.74, 6) is 0.334. The van der Waals surface area contributed by atoms with Gasteiger partial charge < -0.3 is 14.7 Å². The van der Waals surface area contributed by atoms with Crippen molar-refractivity contribution in [1.29, 1.82) is 0 Å². The zero-order valence-electron chi connectivity index (χ0n) is 28.4. The highest BCUT2D eigenvalue weighted by Crippen LogP contribution is 2.45. The van der Waals surface area contributed by atoms with Crippen LogP contribution in [0.25, 0.3) is 0 Å². The molecule has 2 saturated heterocycles. The van der Waals surface area contributed by atoms with E-state index >= 15 is 4.79 Å². The van der Waals surface area contributed by atoms with Crippen molar-refractivity contribution in [1.82, 2.24) is 19.6 Å². The molecule has 0 aromatic heterocycles. The summed E-state index contributed by atoms with van der Waals surface area (Å²) in [6.45, 7) is 20.1. The fraction of sp³-hybridized carbons (Fsp3) is 0.771. The van der Waals surface area contributed by atoms with E-state index in [0.29, 0.717) is 35.0 Å². The summed E-state index contributed by atoms with van der Waals surface area (Å²) in [5, 5.41) is 1.12. The number of likely N-dealkylation sites (N-methyl/N-ethyl adjacent to an activating group) is 1. The smallest absolute Gasteiger partial charge is 0.235 e. The third kappa shape index (κ3) is 7.39. The Kier molecular flexibility index (Phi) is 10.0. The minimum Gasteiger partial charge on any atom is -0.335 e. The Morgan fingerprint density at radius 2 is 1.60 bits per heavy atom. The quantitative estimate of drug-likeness (QED) is 0.335. The lowest BCUT2D eigenvalue weighted by Crippen LogP contribution is -2.55. The largest absolute Gasteiger partial charge is 0.335 e. The number of rotatable bonds is 6. The van der Waals surface area contributed by atoms with Gasteiger partial charge in [-0.05, 0) is 96.5 Å². The van der Waals surface area contributed by atoms with Gasteiger partial charge in [-0.25, -0.2) is 0 Å². The average Bonchev–Trinajstić information content (AvgIpc) is 3.49. The maximum Gasteiger partial charge on any atom is 0.235 e. The third-order valence-electron chi connectivity index (χ3n) is 10.3. The van der Waals surface area contributed by atoms with Crippen LogP contribution in [0.3, 0.4) is 0 Å². The lowest BCUT2D eigenvalue weighted by atomic mass is 9.74. The number of amides is 2. The van der Waals surface area contributed by atoms with Crippen molar-refractivity contribution in [3.8, 4) is 0 Å². The molecular weight excluding hydrogens is 579 g/mol. The zero-order valence-corrected chi connectivity index (χ0v) is 29.9. The lowest BCUT2D eigenvalue weighted by Gasteiger charge is -2.45. The van der Waals surface area contributed by atoms with Crippen LogP contribution in [0, 0.1) is 10.8 Å². The topological polar surface area (TPSA) is 47.1 Å². The van der Waals surface area contributed by atoms with Crippen LogP contribution in [0.1, 0.15) is 99.5 Å². The molecule has 2 amide bonds. The van der Waals surface area contributed by atoms with Gasteiger partial charge in [-0.2, -0.15) is 0 Å². The van der Waals surface area contributed by atoms with Crippen LogP contribution in [0.15, 0.2) is 18.2 Å². The summed E-state index contributed by atoms with van der Waals surface area (Å²) in [6, 6.07) is 5.80. The molecule has 3 atom stereocenters. The Morgan fingerprint density at radius 1 is 0.977 bits per heavy atom. The van der Waals surface area contributed by atoms with E-state index in [-0.39, 0.29) is 35.5 Å². The molecule has 43 heavy (non-hydrogen) atoms. The molecule has 1 aromatic rings. The monoisotopic (exact) mass is 634 g/mol. The molecule has 6 nitrogen and oxygen atoms in total. The summed E-state index contributed by atoms with van der Waals surface area (Å²) >= 11 is 13.2. The first-order valence-corrected chi connectivity index (χ1v) is 17.0. The van der Waals surface area contributed by atoms with E-state index in [4.69, 9.17) is 23.2 Å².